The molecule has 0 bridgehead atoms. The molecule has 0 heterocycles. The van der Waals surface area contributed by atoms with E-state index < -0.39 is 13.3 Å². The van der Waals surface area contributed by atoms with Crippen LogP contribution in [0.25, 0.3) is 0 Å². The molecule has 0 saturated carbocycles. The van der Waals surface area contributed by atoms with Crippen molar-refractivity contribution >= 4 is 126 Å². The maximum absolute atomic E-state index is 10.3. The molecular weight excluding hydrogens is 219 g/mol. The molecule has 0 aromatic rings. The number of rotatable bonds is 2. The van der Waals surface area contributed by atoms with Crippen LogP contribution in [0.1, 0.15) is 20.3 Å². The molecule has 1 atom stereocenters. The van der Waals surface area contributed by atoms with Crippen LogP contribution in [0.15, 0.2) is 0 Å². The molecule has 0 aliphatic heterocycles. The van der Waals surface area contributed by atoms with E-state index in [1.54, 1.807) is 13.8 Å². The Morgan fingerprint density at radius 3 is 1.42 bits per heavy atom. The summed E-state index contributed by atoms with van der Waals surface area (Å²) >= 11 is 0. The van der Waals surface area contributed by atoms with Crippen molar-refractivity contribution in [3.05, 3.63) is 0 Å². The molecule has 0 spiro atoms. The molecule has 0 aliphatic carbocycles. The Bertz CT molecular complexity index is 117. The van der Waals surface area contributed by atoms with Crippen molar-refractivity contribution in [3.8, 4) is 0 Å². The fraction of sp³-hybridized carbons (Fsp3) is 1.00. The monoisotopic (exact) mass is 230 g/mol. The van der Waals surface area contributed by atoms with Gasteiger partial charge in [0.25, 0.3) is 0 Å². The van der Waals surface area contributed by atoms with Gasteiger partial charge in [-0.25, -0.2) is 0 Å². The predicted molar refractivity (Wildman–Crippen MR) is 54.8 cm³/mol. The zero-order valence-electron chi connectivity index (χ0n) is 9.03. The largest absolute Gasteiger partial charge is 0.328 e. The molecule has 0 amide bonds. The van der Waals surface area contributed by atoms with Crippen molar-refractivity contribution in [2.45, 2.75) is 25.9 Å². The van der Waals surface area contributed by atoms with Crippen LogP contribution in [-0.2, 0) is 4.57 Å². The SMILES string of the molecule is CCC(C)P(=O)(O)O.[Na].[Na].[Na].[Na]. The van der Waals surface area contributed by atoms with Gasteiger partial charge in [0.15, 0.2) is 0 Å². The molecule has 3 nitrogen and oxygen atoms in total. The van der Waals surface area contributed by atoms with Crippen molar-refractivity contribution in [1.82, 2.24) is 0 Å². The molecule has 0 aliphatic rings. The molecule has 54 valence electrons. The first kappa shape index (κ1) is 29.8. The van der Waals surface area contributed by atoms with Crippen LogP contribution in [0, 0.1) is 0 Å². The van der Waals surface area contributed by atoms with E-state index in [0.717, 1.165) is 0 Å². The molecule has 1 unspecified atom stereocenters. The van der Waals surface area contributed by atoms with E-state index in [0.29, 0.717) is 6.42 Å². The van der Waals surface area contributed by atoms with Crippen molar-refractivity contribution in [3.63, 3.8) is 0 Å². The molecule has 12 heavy (non-hydrogen) atoms. The summed E-state index contributed by atoms with van der Waals surface area (Å²) in [5.74, 6) is 0. The van der Waals surface area contributed by atoms with Crippen LogP contribution < -0.4 is 0 Å². The van der Waals surface area contributed by atoms with E-state index in [1.807, 2.05) is 0 Å². The molecule has 0 saturated heterocycles. The third-order valence-corrected chi connectivity index (χ3v) is 2.68. The first-order valence-electron chi connectivity index (χ1n) is 2.53. The van der Waals surface area contributed by atoms with E-state index in [2.05, 4.69) is 0 Å². The maximum Gasteiger partial charge on any atom is 0.328 e. The Morgan fingerprint density at radius 1 is 1.17 bits per heavy atom. The summed E-state index contributed by atoms with van der Waals surface area (Å²) in [4.78, 5) is 16.8. The summed E-state index contributed by atoms with van der Waals surface area (Å²) in [6.45, 7) is 3.30. The third kappa shape index (κ3) is 16.6. The Morgan fingerprint density at radius 2 is 1.42 bits per heavy atom. The van der Waals surface area contributed by atoms with Gasteiger partial charge in [-0.3, -0.25) is 4.57 Å². The Hall–Kier alpha value is 4.15. The summed E-state index contributed by atoms with van der Waals surface area (Å²) in [5, 5.41) is 0. The first-order valence-corrected chi connectivity index (χ1v) is 4.22. The Kier molecular flexibility index (Phi) is 37.6. The Balaban J connectivity index is -0.0000000408. The van der Waals surface area contributed by atoms with E-state index in [1.165, 1.54) is 0 Å². The fourth-order valence-corrected chi connectivity index (χ4v) is 0.714. The smallest absolute Gasteiger partial charge is 0.324 e. The van der Waals surface area contributed by atoms with Gasteiger partial charge in [-0.15, -0.1) is 0 Å². The van der Waals surface area contributed by atoms with Crippen LogP contribution in [-0.4, -0.2) is 134 Å². The Labute approximate surface area is 163 Å². The molecule has 8 heteroatoms. The van der Waals surface area contributed by atoms with Crippen LogP contribution >= 0.6 is 7.60 Å². The van der Waals surface area contributed by atoms with Crippen molar-refractivity contribution in [1.29, 1.82) is 0 Å². The van der Waals surface area contributed by atoms with E-state index in [9.17, 15) is 4.57 Å². The van der Waals surface area contributed by atoms with Crippen LogP contribution in [0.2, 0.25) is 0 Å². The van der Waals surface area contributed by atoms with Gasteiger partial charge in [0.1, 0.15) is 0 Å². The van der Waals surface area contributed by atoms with Gasteiger partial charge in [0, 0.05) is 118 Å². The summed E-state index contributed by atoms with van der Waals surface area (Å²) < 4.78 is 10.3. The molecule has 0 aromatic carbocycles. The van der Waals surface area contributed by atoms with Gasteiger partial charge >= 0.3 is 7.60 Å². The number of hydrogen-bond donors (Lipinski definition) is 2. The predicted octanol–water partition coefficient (Wildman–Crippen LogP) is -0.561. The van der Waals surface area contributed by atoms with Crippen LogP contribution in [0.5, 0.6) is 0 Å². The van der Waals surface area contributed by atoms with Crippen molar-refractivity contribution in [2.75, 3.05) is 0 Å². The second kappa shape index (κ2) is 15.1. The van der Waals surface area contributed by atoms with Crippen LogP contribution in [0.4, 0.5) is 0 Å². The van der Waals surface area contributed by atoms with Gasteiger partial charge in [-0.1, -0.05) is 13.8 Å². The van der Waals surface area contributed by atoms with Crippen molar-refractivity contribution in [2.24, 2.45) is 0 Å². The maximum atomic E-state index is 10.3. The molecule has 0 fully saturated rings. The van der Waals surface area contributed by atoms with E-state index in [4.69, 9.17) is 9.79 Å². The average molecular weight is 230 g/mol. The summed E-state index contributed by atoms with van der Waals surface area (Å²) in [6.07, 6.45) is 0.532. The van der Waals surface area contributed by atoms with Gasteiger partial charge in [0.2, 0.25) is 0 Å². The second-order valence-electron chi connectivity index (χ2n) is 1.85. The summed E-state index contributed by atoms with van der Waals surface area (Å²) in [7, 11) is -3.76. The van der Waals surface area contributed by atoms with Gasteiger partial charge < -0.3 is 9.79 Å². The standard InChI is InChI=1S/C4H11O3P.4Na/c1-3-4(2)8(5,6)7;;;;/h4H,3H2,1-2H3,(H2,5,6,7);;;;. The van der Waals surface area contributed by atoms with Crippen LogP contribution in [0.3, 0.4) is 0 Å². The van der Waals surface area contributed by atoms with Gasteiger partial charge in [-0.2, -0.15) is 0 Å². The van der Waals surface area contributed by atoms with E-state index in [-0.39, 0.29) is 118 Å². The topological polar surface area (TPSA) is 57.5 Å². The van der Waals surface area contributed by atoms with Crippen molar-refractivity contribution < 1.29 is 14.4 Å². The quantitative estimate of drug-likeness (QED) is 0.493. The average Bonchev–Trinajstić information content (AvgIpc) is 1.62. The number of hydrogen-bond acceptors (Lipinski definition) is 1. The molecule has 0 rings (SSSR count). The zero-order chi connectivity index (χ0) is 6.78. The first-order chi connectivity index (χ1) is 3.48. The summed E-state index contributed by atoms with van der Waals surface area (Å²) in [5.41, 5.74) is -0.484. The molecular formula is C4H11Na4O3P. The molecule has 2 N–H and O–H groups in total. The fourth-order valence-electron chi connectivity index (χ4n) is 0.238. The zero-order valence-corrected chi connectivity index (χ0v) is 17.9. The minimum atomic E-state index is -3.76. The van der Waals surface area contributed by atoms with E-state index >= 15 is 0 Å². The minimum absolute atomic E-state index is 0. The third-order valence-electron chi connectivity index (χ3n) is 1.17. The minimum Gasteiger partial charge on any atom is -0.324 e. The van der Waals surface area contributed by atoms with Gasteiger partial charge in [0.05, 0.1) is 5.66 Å². The molecule has 0 aromatic heterocycles. The van der Waals surface area contributed by atoms with Gasteiger partial charge in [-0.05, 0) is 6.42 Å². The molecule has 4 radical (unpaired) electrons. The normalized spacial score (nSPS) is 10.7. The second-order valence-corrected chi connectivity index (χ2v) is 3.91. The summed E-state index contributed by atoms with van der Waals surface area (Å²) in [6, 6.07) is 0.